The van der Waals surface area contributed by atoms with Gasteiger partial charge >= 0.3 is 0 Å². The van der Waals surface area contributed by atoms with E-state index < -0.39 is 0 Å². The van der Waals surface area contributed by atoms with Crippen molar-refractivity contribution in [2.45, 2.75) is 25.7 Å². The van der Waals surface area contributed by atoms with Gasteiger partial charge in [-0.2, -0.15) is 5.10 Å². The third-order valence-corrected chi connectivity index (χ3v) is 3.46. The first-order chi connectivity index (χ1) is 9.29. The third-order valence-electron chi connectivity index (χ3n) is 3.46. The van der Waals surface area contributed by atoms with Gasteiger partial charge in [0, 0.05) is 23.8 Å². The minimum absolute atomic E-state index is 0.0446. The minimum Gasteiger partial charge on any atom is -0.307 e. The number of hydrogen-bond acceptors (Lipinski definition) is 2. The van der Waals surface area contributed by atoms with Gasteiger partial charge in [0.05, 0.1) is 0 Å². The normalized spacial score (nSPS) is 14.4. The Labute approximate surface area is 112 Å². The van der Waals surface area contributed by atoms with E-state index in [1.54, 1.807) is 4.90 Å². The summed E-state index contributed by atoms with van der Waals surface area (Å²) in [5.74, 6) is 0.540. The minimum atomic E-state index is -0.0446. The third kappa shape index (κ3) is 2.38. The van der Waals surface area contributed by atoms with Crippen molar-refractivity contribution in [3.8, 4) is 0 Å². The highest BCUT2D eigenvalue weighted by atomic mass is 16.2. The lowest BCUT2D eigenvalue weighted by atomic mass is 10.2. The molecule has 0 spiro atoms. The van der Waals surface area contributed by atoms with E-state index in [0.717, 1.165) is 11.4 Å². The second kappa shape index (κ2) is 4.88. The molecule has 1 N–H and O–H groups in total. The molecule has 1 aliphatic carbocycles. The quantitative estimate of drug-likeness (QED) is 0.913. The Hall–Kier alpha value is -2.10. The molecule has 19 heavy (non-hydrogen) atoms. The Kier molecular flexibility index (Phi) is 3.07. The fourth-order valence-electron chi connectivity index (χ4n) is 2.24. The number of nitrogens with one attached hydrogen (secondary N) is 1. The highest BCUT2D eigenvalue weighted by molar-refractivity contribution is 6.04. The maximum Gasteiger partial charge on any atom is 0.278 e. The number of benzene rings is 1. The first-order valence-electron chi connectivity index (χ1n) is 6.72. The average molecular weight is 255 g/mol. The van der Waals surface area contributed by atoms with Crippen molar-refractivity contribution >= 4 is 11.6 Å². The summed E-state index contributed by atoms with van der Waals surface area (Å²) in [6, 6.07) is 11.6. The molecular formula is C15H17N3O. The second-order valence-corrected chi connectivity index (χ2v) is 4.87. The predicted octanol–water partition coefficient (Wildman–Crippen LogP) is 2.95. The number of amides is 1. The zero-order valence-electron chi connectivity index (χ0n) is 11.0. The van der Waals surface area contributed by atoms with Crippen LogP contribution in [0, 0.1) is 0 Å². The molecule has 0 aliphatic heterocycles. The van der Waals surface area contributed by atoms with Crippen LogP contribution in [0.2, 0.25) is 0 Å². The average Bonchev–Trinajstić information content (AvgIpc) is 3.18. The highest BCUT2D eigenvalue weighted by Crippen LogP contribution is 2.39. The summed E-state index contributed by atoms with van der Waals surface area (Å²) in [7, 11) is 0. The Morgan fingerprint density at radius 1 is 1.37 bits per heavy atom. The maximum absolute atomic E-state index is 12.5. The first-order valence-corrected chi connectivity index (χ1v) is 6.72. The molecule has 1 saturated carbocycles. The molecule has 1 fully saturated rings. The van der Waals surface area contributed by atoms with Crippen molar-refractivity contribution in [3.05, 3.63) is 47.8 Å². The molecule has 1 aromatic carbocycles. The van der Waals surface area contributed by atoms with Crippen molar-refractivity contribution in [2.75, 3.05) is 11.4 Å². The molecule has 1 heterocycles. The SMILES string of the molecule is CCN(C(=O)c1cc(C2CC2)[nH]n1)c1ccccc1. The molecule has 1 aromatic heterocycles. The lowest BCUT2D eigenvalue weighted by Gasteiger charge is -2.19. The number of carbonyl (C=O) groups excluding carboxylic acids is 1. The summed E-state index contributed by atoms with van der Waals surface area (Å²) in [5.41, 5.74) is 2.51. The Bertz CT molecular complexity index is 572. The van der Waals surface area contributed by atoms with Crippen molar-refractivity contribution in [3.63, 3.8) is 0 Å². The lowest BCUT2D eigenvalue weighted by Crippen LogP contribution is -2.30. The molecule has 1 aliphatic rings. The van der Waals surface area contributed by atoms with Gasteiger partial charge < -0.3 is 4.90 Å². The van der Waals surface area contributed by atoms with Crippen LogP contribution in [0.1, 0.15) is 41.9 Å². The smallest absolute Gasteiger partial charge is 0.278 e. The standard InChI is InChI=1S/C15H17N3O/c1-2-18(12-6-4-3-5-7-12)15(19)14-10-13(16-17-14)11-8-9-11/h3-7,10-11H,2,8-9H2,1H3,(H,16,17). The number of carbonyl (C=O) groups is 1. The van der Waals surface area contributed by atoms with Crippen LogP contribution in [0.15, 0.2) is 36.4 Å². The van der Waals surface area contributed by atoms with E-state index in [4.69, 9.17) is 0 Å². The predicted molar refractivity (Wildman–Crippen MR) is 74.4 cm³/mol. The van der Waals surface area contributed by atoms with E-state index in [2.05, 4.69) is 10.2 Å². The maximum atomic E-state index is 12.5. The van der Waals surface area contributed by atoms with Crippen LogP contribution in [-0.4, -0.2) is 22.6 Å². The van der Waals surface area contributed by atoms with Crippen molar-refractivity contribution in [1.29, 1.82) is 0 Å². The van der Waals surface area contributed by atoms with E-state index in [1.807, 2.05) is 43.3 Å². The Balaban J connectivity index is 1.84. The molecule has 0 radical (unpaired) electrons. The van der Waals surface area contributed by atoms with Crippen molar-refractivity contribution < 1.29 is 4.79 Å². The molecule has 0 saturated heterocycles. The molecule has 0 bridgehead atoms. The number of anilines is 1. The summed E-state index contributed by atoms with van der Waals surface area (Å²) in [6.45, 7) is 2.60. The molecule has 2 aromatic rings. The van der Waals surface area contributed by atoms with Gasteiger partial charge in [-0.3, -0.25) is 9.89 Å². The van der Waals surface area contributed by atoms with Gasteiger partial charge in [0.15, 0.2) is 5.69 Å². The van der Waals surface area contributed by atoms with Crippen LogP contribution in [0.25, 0.3) is 0 Å². The number of H-pyrrole nitrogens is 1. The topological polar surface area (TPSA) is 49.0 Å². The summed E-state index contributed by atoms with van der Waals surface area (Å²) < 4.78 is 0. The number of aromatic amines is 1. The molecule has 0 unspecified atom stereocenters. The van der Waals surface area contributed by atoms with Gasteiger partial charge in [0.25, 0.3) is 5.91 Å². The summed E-state index contributed by atoms with van der Waals surface area (Å²) in [5, 5.41) is 7.14. The fourth-order valence-corrected chi connectivity index (χ4v) is 2.24. The zero-order valence-corrected chi connectivity index (χ0v) is 11.0. The molecule has 98 valence electrons. The number of hydrogen-bond donors (Lipinski definition) is 1. The van der Waals surface area contributed by atoms with Gasteiger partial charge in [-0.05, 0) is 38.0 Å². The van der Waals surface area contributed by atoms with Crippen LogP contribution >= 0.6 is 0 Å². The largest absolute Gasteiger partial charge is 0.307 e. The zero-order chi connectivity index (χ0) is 13.2. The molecule has 4 heteroatoms. The Morgan fingerprint density at radius 3 is 2.74 bits per heavy atom. The van der Waals surface area contributed by atoms with Crippen LogP contribution < -0.4 is 4.90 Å². The monoisotopic (exact) mass is 255 g/mol. The molecule has 0 atom stereocenters. The van der Waals surface area contributed by atoms with Crippen LogP contribution in [0.4, 0.5) is 5.69 Å². The van der Waals surface area contributed by atoms with Gasteiger partial charge in [-0.25, -0.2) is 0 Å². The van der Waals surface area contributed by atoms with Gasteiger partial charge in [-0.1, -0.05) is 18.2 Å². The van der Waals surface area contributed by atoms with Gasteiger partial charge in [0.2, 0.25) is 0 Å². The molecule has 1 amide bonds. The van der Waals surface area contributed by atoms with E-state index in [-0.39, 0.29) is 5.91 Å². The van der Waals surface area contributed by atoms with E-state index in [0.29, 0.717) is 18.2 Å². The van der Waals surface area contributed by atoms with E-state index in [9.17, 15) is 4.79 Å². The Morgan fingerprint density at radius 2 is 2.11 bits per heavy atom. The number of nitrogens with zero attached hydrogens (tertiary/aromatic N) is 2. The second-order valence-electron chi connectivity index (χ2n) is 4.87. The number of aromatic nitrogens is 2. The van der Waals surface area contributed by atoms with Crippen LogP contribution in [-0.2, 0) is 0 Å². The summed E-state index contributed by atoms with van der Waals surface area (Å²) >= 11 is 0. The molecule has 3 rings (SSSR count). The number of para-hydroxylation sites is 1. The lowest BCUT2D eigenvalue weighted by molar-refractivity contribution is 0.0983. The van der Waals surface area contributed by atoms with Gasteiger partial charge in [-0.15, -0.1) is 0 Å². The van der Waals surface area contributed by atoms with Crippen molar-refractivity contribution in [1.82, 2.24) is 10.2 Å². The van der Waals surface area contributed by atoms with E-state index >= 15 is 0 Å². The van der Waals surface area contributed by atoms with Crippen LogP contribution in [0.5, 0.6) is 0 Å². The fraction of sp³-hybridized carbons (Fsp3) is 0.333. The van der Waals surface area contributed by atoms with E-state index in [1.165, 1.54) is 12.8 Å². The van der Waals surface area contributed by atoms with Crippen molar-refractivity contribution in [2.24, 2.45) is 0 Å². The summed E-state index contributed by atoms with van der Waals surface area (Å²) in [4.78, 5) is 14.2. The van der Waals surface area contributed by atoms with Crippen LogP contribution in [0.3, 0.4) is 0 Å². The first kappa shape index (κ1) is 12.0. The highest BCUT2D eigenvalue weighted by Gasteiger charge is 2.27. The molecular weight excluding hydrogens is 238 g/mol. The number of rotatable bonds is 4. The summed E-state index contributed by atoms with van der Waals surface area (Å²) in [6.07, 6.45) is 2.40. The molecule has 4 nitrogen and oxygen atoms in total. The van der Waals surface area contributed by atoms with Gasteiger partial charge in [0.1, 0.15) is 0 Å².